The Labute approximate surface area is 114 Å². The monoisotopic (exact) mass is 259 g/mol. The summed E-state index contributed by atoms with van der Waals surface area (Å²) < 4.78 is 0. The van der Waals surface area contributed by atoms with Crippen LogP contribution in [0.15, 0.2) is 24.3 Å². The van der Waals surface area contributed by atoms with Crippen molar-refractivity contribution in [3.8, 4) is 0 Å². The number of carbonyl (C=O) groups is 1. The van der Waals surface area contributed by atoms with Crippen molar-refractivity contribution in [1.29, 1.82) is 0 Å². The maximum atomic E-state index is 12.3. The van der Waals surface area contributed by atoms with Crippen molar-refractivity contribution in [2.24, 2.45) is 0 Å². The highest BCUT2D eigenvalue weighted by Crippen LogP contribution is 2.16. The molecule has 0 aromatic heterocycles. The van der Waals surface area contributed by atoms with E-state index in [1.165, 1.54) is 11.1 Å². The van der Waals surface area contributed by atoms with E-state index in [9.17, 15) is 4.79 Å². The van der Waals surface area contributed by atoms with Crippen LogP contribution in [0.3, 0.4) is 0 Å². The Bertz CT molecular complexity index is 454. The van der Waals surface area contributed by atoms with Gasteiger partial charge < -0.3 is 16.0 Å². The second kappa shape index (κ2) is 5.72. The average Bonchev–Trinajstić information content (AvgIpc) is 2.48. The summed E-state index contributed by atoms with van der Waals surface area (Å²) >= 11 is 0. The van der Waals surface area contributed by atoms with Crippen LogP contribution in [0.5, 0.6) is 0 Å². The molecule has 0 spiro atoms. The molecule has 1 aromatic rings. The summed E-state index contributed by atoms with van der Waals surface area (Å²) in [5.74, 6) is 0.142. The molecule has 4 heteroatoms. The number of piperidine rings is 1. The molecule has 1 aromatic carbocycles. The summed E-state index contributed by atoms with van der Waals surface area (Å²) in [4.78, 5) is 12.3. The number of hydrogen-bond acceptors (Lipinski definition) is 3. The van der Waals surface area contributed by atoms with E-state index < -0.39 is 0 Å². The maximum absolute atomic E-state index is 12.3. The van der Waals surface area contributed by atoms with E-state index in [-0.39, 0.29) is 11.9 Å². The molecule has 1 unspecified atom stereocenters. The first-order valence-corrected chi connectivity index (χ1v) is 7.14. The summed E-state index contributed by atoms with van der Waals surface area (Å²) in [6.07, 6.45) is 3.02. The topological polar surface area (TPSA) is 53.2 Å². The predicted molar refractivity (Wildman–Crippen MR) is 74.8 cm³/mol. The number of fused-ring (bicyclic) bond motifs is 1. The second-order valence-corrected chi connectivity index (χ2v) is 5.46. The summed E-state index contributed by atoms with van der Waals surface area (Å²) in [6.45, 7) is 2.76. The molecule has 2 atom stereocenters. The molecular formula is C15H21N3O. The van der Waals surface area contributed by atoms with E-state index in [4.69, 9.17) is 0 Å². The Kier molecular flexibility index (Phi) is 3.80. The Morgan fingerprint density at radius 3 is 2.89 bits per heavy atom. The normalized spacial score (nSPS) is 26.5. The summed E-state index contributed by atoms with van der Waals surface area (Å²) in [7, 11) is 0. The van der Waals surface area contributed by atoms with Crippen LogP contribution in [0.1, 0.15) is 24.0 Å². The van der Waals surface area contributed by atoms with Crippen LogP contribution in [0.25, 0.3) is 0 Å². The Morgan fingerprint density at radius 1 is 1.26 bits per heavy atom. The zero-order valence-electron chi connectivity index (χ0n) is 11.1. The van der Waals surface area contributed by atoms with Gasteiger partial charge in [-0.1, -0.05) is 24.3 Å². The van der Waals surface area contributed by atoms with Crippen molar-refractivity contribution in [2.75, 3.05) is 13.1 Å². The number of nitrogens with one attached hydrogen (secondary N) is 3. The van der Waals surface area contributed by atoms with Crippen LogP contribution in [0.2, 0.25) is 0 Å². The van der Waals surface area contributed by atoms with E-state index >= 15 is 0 Å². The lowest BCUT2D eigenvalue weighted by molar-refractivity contribution is -0.124. The van der Waals surface area contributed by atoms with Gasteiger partial charge >= 0.3 is 0 Å². The van der Waals surface area contributed by atoms with Gasteiger partial charge in [0.2, 0.25) is 5.91 Å². The molecule has 1 fully saturated rings. The van der Waals surface area contributed by atoms with E-state index in [1.807, 2.05) is 6.07 Å². The fraction of sp³-hybridized carbons (Fsp3) is 0.533. The van der Waals surface area contributed by atoms with Gasteiger partial charge in [-0.25, -0.2) is 0 Å². The summed E-state index contributed by atoms with van der Waals surface area (Å²) in [6, 6.07) is 8.55. The van der Waals surface area contributed by atoms with Gasteiger partial charge in [-0.2, -0.15) is 0 Å². The molecule has 0 bridgehead atoms. The van der Waals surface area contributed by atoms with Crippen molar-refractivity contribution in [1.82, 2.24) is 16.0 Å². The van der Waals surface area contributed by atoms with Crippen molar-refractivity contribution < 1.29 is 4.79 Å². The minimum atomic E-state index is -0.0863. The van der Waals surface area contributed by atoms with Crippen LogP contribution in [0.4, 0.5) is 0 Å². The van der Waals surface area contributed by atoms with Crippen molar-refractivity contribution in [3.05, 3.63) is 35.4 Å². The molecular weight excluding hydrogens is 238 g/mol. The molecule has 0 aliphatic carbocycles. The van der Waals surface area contributed by atoms with Crippen LogP contribution >= 0.6 is 0 Å². The van der Waals surface area contributed by atoms with E-state index in [2.05, 4.69) is 34.1 Å². The molecule has 0 saturated carbocycles. The first-order chi connectivity index (χ1) is 9.33. The van der Waals surface area contributed by atoms with Gasteiger partial charge in [0.25, 0.3) is 0 Å². The highest BCUT2D eigenvalue weighted by atomic mass is 16.2. The minimum absolute atomic E-state index is 0.0863. The van der Waals surface area contributed by atoms with E-state index in [0.717, 1.165) is 38.9 Å². The lowest BCUT2D eigenvalue weighted by Crippen LogP contribution is -2.53. The maximum Gasteiger partial charge on any atom is 0.237 e. The SMILES string of the molecule is O=C(N[C@H]1CCCNC1)C1Cc2ccccc2CN1. The summed E-state index contributed by atoms with van der Waals surface area (Å²) in [5, 5.41) is 9.81. The standard InChI is InChI=1S/C15H21N3O/c19-15(18-13-6-3-7-16-10-13)14-8-11-4-1-2-5-12(11)9-17-14/h1-2,4-5,13-14,16-17H,3,6-10H2,(H,18,19)/t13-,14?/m0/s1. The van der Waals surface area contributed by atoms with Crippen molar-refractivity contribution in [3.63, 3.8) is 0 Å². The molecule has 4 nitrogen and oxygen atoms in total. The predicted octanol–water partition coefficient (Wildman–Crippen LogP) is 0.569. The highest BCUT2D eigenvalue weighted by molar-refractivity contribution is 5.82. The first kappa shape index (κ1) is 12.6. The molecule has 3 N–H and O–H groups in total. The van der Waals surface area contributed by atoms with Crippen LogP contribution < -0.4 is 16.0 Å². The number of amides is 1. The minimum Gasteiger partial charge on any atom is -0.351 e. The van der Waals surface area contributed by atoms with Gasteiger partial charge in [0.15, 0.2) is 0 Å². The molecule has 2 heterocycles. The third-order valence-corrected chi connectivity index (χ3v) is 4.04. The Hall–Kier alpha value is -1.39. The molecule has 2 aliphatic heterocycles. The largest absolute Gasteiger partial charge is 0.351 e. The second-order valence-electron chi connectivity index (χ2n) is 5.46. The van der Waals surface area contributed by atoms with Crippen molar-refractivity contribution in [2.45, 2.75) is 37.9 Å². The molecule has 19 heavy (non-hydrogen) atoms. The fourth-order valence-corrected chi connectivity index (χ4v) is 2.92. The Balaban J connectivity index is 1.59. The smallest absolute Gasteiger partial charge is 0.237 e. The third-order valence-electron chi connectivity index (χ3n) is 4.04. The molecule has 1 saturated heterocycles. The third kappa shape index (κ3) is 2.96. The van der Waals surface area contributed by atoms with Gasteiger partial charge in [0, 0.05) is 19.1 Å². The lowest BCUT2D eigenvalue weighted by Gasteiger charge is -2.29. The average molecular weight is 259 g/mol. The number of carbonyl (C=O) groups excluding carboxylic acids is 1. The molecule has 0 radical (unpaired) electrons. The quantitative estimate of drug-likeness (QED) is 0.728. The Morgan fingerprint density at radius 2 is 2.11 bits per heavy atom. The van der Waals surface area contributed by atoms with Gasteiger partial charge in [-0.05, 0) is 36.9 Å². The molecule has 102 valence electrons. The summed E-state index contributed by atoms with van der Waals surface area (Å²) in [5.41, 5.74) is 2.61. The van der Waals surface area contributed by atoms with Crippen LogP contribution in [0, 0.1) is 0 Å². The zero-order chi connectivity index (χ0) is 13.1. The number of benzene rings is 1. The number of hydrogen-bond donors (Lipinski definition) is 3. The van der Waals surface area contributed by atoms with Gasteiger partial charge in [-0.15, -0.1) is 0 Å². The molecule has 3 rings (SSSR count). The van der Waals surface area contributed by atoms with Gasteiger partial charge in [-0.3, -0.25) is 4.79 Å². The lowest BCUT2D eigenvalue weighted by atomic mass is 9.95. The fourth-order valence-electron chi connectivity index (χ4n) is 2.92. The van der Waals surface area contributed by atoms with E-state index in [0.29, 0.717) is 6.04 Å². The van der Waals surface area contributed by atoms with E-state index in [1.54, 1.807) is 0 Å². The van der Waals surface area contributed by atoms with Crippen LogP contribution in [-0.2, 0) is 17.8 Å². The first-order valence-electron chi connectivity index (χ1n) is 7.14. The zero-order valence-corrected chi connectivity index (χ0v) is 11.1. The van der Waals surface area contributed by atoms with Crippen LogP contribution in [-0.4, -0.2) is 31.1 Å². The highest BCUT2D eigenvalue weighted by Gasteiger charge is 2.25. The number of rotatable bonds is 2. The van der Waals surface area contributed by atoms with Crippen molar-refractivity contribution >= 4 is 5.91 Å². The van der Waals surface area contributed by atoms with Gasteiger partial charge in [0.05, 0.1) is 6.04 Å². The molecule has 1 amide bonds. The molecule has 2 aliphatic rings. The van der Waals surface area contributed by atoms with Gasteiger partial charge in [0.1, 0.15) is 0 Å².